The van der Waals surface area contributed by atoms with Gasteiger partial charge in [-0.1, -0.05) is 53.2 Å². The van der Waals surface area contributed by atoms with Crippen molar-refractivity contribution in [2.24, 2.45) is 0 Å². The van der Waals surface area contributed by atoms with Gasteiger partial charge in [0.25, 0.3) is 11.9 Å². The van der Waals surface area contributed by atoms with Crippen molar-refractivity contribution in [2.75, 3.05) is 13.2 Å². The first-order valence-corrected chi connectivity index (χ1v) is 12.6. The summed E-state index contributed by atoms with van der Waals surface area (Å²) in [4.78, 5) is 16.6. The molecule has 2 aromatic carbocycles. The van der Waals surface area contributed by atoms with Gasteiger partial charge in [-0.05, 0) is 36.2 Å². The van der Waals surface area contributed by atoms with E-state index in [0.717, 1.165) is 22.3 Å². The van der Waals surface area contributed by atoms with Gasteiger partial charge in [-0.15, -0.1) is 0 Å². The molecule has 5 aromatic rings. The number of nitrogens with one attached hydrogen (secondary N) is 1. The highest BCUT2D eigenvalue weighted by Gasteiger charge is 2.48. The van der Waals surface area contributed by atoms with Crippen LogP contribution in [-0.4, -0.2) is 67.8 Å². The molecule has 5 heterocycles. The monoisotopic (exact) mass is 531 g/mol. The van der Waals surface area contributed by atoms with Gasteiger partial charge in [-0.2, -0.15) is 9.97 Å². The lowest BCUT2D eigenvalue weighted by Gasteiger charge is -2.15. The Labute approximate surface area is 221 Å². The minimum absolute atomic E-state index is 0.236. The second-order valence-corrected chi connectivity index (χ2v) is 9.76. The number of H-pyrrole nitrogens is 1. The van der Waals surface area contributed by atoms with Crippen LogP contribution in [0.4, 0.5) is 0 Å². The first-order valence-electron chi connectivity index (χ1n) is 12.2. The average molecular weight is 532 g/mol. The van der Waals surface area contributed by atoms with Gasteiger partial charge in [-0.25, -0.2) is 4.98 Å². The highest BCUT2D eigenvalue weighted by molar-refractivity contribution is 6.33. The molecule has 11 heteroatoms. The molecule has 3 aromatic heterocycles. The molecular formula is C27H22ClN5O5. The van der Waals surface area contributed by atoms with Crippen molar-refractivity contribution < 1.29 is 23.8 Å². The lowest BCUT2D eigenvalue weighted by molar-refractivity contribution is 0.00706. The molecule has 2 N–H and O–H groups in total. The zero-order chi connectivity index (χ0) is 25.8. The number of aliphatic hydroxyl groups is 1. The van der Waals surface area contributed by atoms with Gasteiger partial charge in [0.2, 0.25) is 0 Å². The molecule has 10 nitrogen and oxygen atoms in total. The molecule has 2 saturated heterocycles. The molecule has 0 radical (unpaired) electrons. The maximum atomic E-state index is 9.94. The summed E-state index contributed by atoms with van der Waals surface area (Å²) < 4.78 is 22.5. The van der Waals surface area contributed by atoms with Crippen LogP contribution >= 0.6 is 11.6 Å². The second-order valence-electron chi connectivity index (χ2n) is 9.35. The van der Waals surface area contributed by atoms with E-state index in [-0.39, 0.29) is 24.9 Å². The Morgan fingerprint density at radius 1 is 0.895 bits per heavy atom. The maximum absolute atomic E-state index is 9.94. The van der Waals surface area contributed by atoms with Crippen LogP contribution in [0.2, 0.25) is 5.02 Å². The number of pyridine rings is 1. The number of aromatic nitrogens is 5. The Morgan fingerprint density at radius 2 is 1.58 bits per heavy atom. The lowest BCUT2D eigenvalue weighted by atomic mass is 10.0. The van der Waals surface area contributed by atoms with Crippen LogP contribution in [0, 0.1) is 6.92 Å². The molecule has 0 spiro atoms. The summed E-state index contributed by atoms with van der Waals surface area (Å²) in [5, 5.41) is 14.3. The predicted molar refractivity (Wildman–Crippen MR) is 138 cm³/mol. The molecule has 0 bridgehead atoms. The summed E-state index contributed by atoms with van der Waals surface area (Å²) in [6, 6.07) is 18.0. The Balaban J connectivity index is 1.11. The molecule has 0 saturated carbocycles. The first-order chi connectivity index (χ1) is 18.5. The Kier molecular flexibility index (Phi) is 5.62. The number of aromatic amines is 1. The number of imidazole rings is 1. The zero-order valence-corrected chi connectivity index (χ0v) is 20.9. The van der Waals surface area contributed by atoms with E-state index in [2.05, 4.69) is 25.1 Å². The Hall–Kier alpha value is -3.83. The van der Waals surface area contributed by atoms with E-state index in [9.17, 15) is 5.11 Å². The number of hydrogen-bond acceptors (Lipinski definition) is 9. The minimum atomic E-state index is -0.640. The van der Waals surface area contributed by atoms with Gasteiger partial charge < -0.3 is 28.8 Å². The van der Waals surface area contributed by atoms with E-state index < -0.39 is 6.10 Å². The third-order valence-corrected chi connectivity index (χ3v) is 7.09. The fraction of sp³-hybridized carbons (Fsp3) is 0.259. The van der Waals surface area contributed by atoms with Crippen molar-refractivity contribution in [3.63, 3.8) is 0 Å². The number of benzene rings is 2. The minimum Gasteiger partial charge on any atom is -0.456 e. The van der Waals surface area contributed by atoms with Crippen molar-refractivity contribution in [3.05, 3.63) is 65.4 Å². The quantitative estimate of drug-likeness (QED) is 0.342. The average Bonchev–Trinajstić information content (AvgIpc) is 3.71. The van der Waals surface area contributed by atoms with Crippen molar-refractivity contribution in [1.82, 2.24) is 25.1 Å². The molecule has 0 aliphatic carbocycles. The van der Waals surface area contributed by atoms with E-state index in [1.54, 1.807) is 13.0 Å². The molecule has 38 heavy (non-hydrogen) atoms. The van der Waals surface area contributed by atoms with Gasteiger partial charge in [0.05, 0.1) is 29.4 Å². The number of ether oxygens (including phenoxy) is 3. The highest BCUT2D eigenvalue weighted by Crippen LogP contribution is 2.33. The third kappa shape index (κ3) is 4.11. The van der Waals surface area contributed by atoms with Crippen molar-refractivity contribution in [3.8, 4) is 39.8 Å². The summed E-state index contributed by atoms with van der Waals surface area (Å²) in [7, 11) is 0. The van der Waals surface area contributed by atoms with Crippen LogP contribution in [0.5, 0.6) is 6.01 Å². The summed E-state index contributed by atoms with van der Waals surface area (Å²) >= 11 is 6.60. The standard InChI is InChI=1S/C27H22ClN5O5/c1-13-29-26(38-33-13)17-8-4-15(5-9-17)14-2-6-16(7-3-14)22-18(28)10-19-25(31-22)32-27(30-19)37-21-12-36-23-20(34)11-35-24(21)23/h2-10,20-21,23-24,34H,11-12H2,1H3,(H,30,31,32)/t20-,21-,23-,24?/m1/s1. The third-order valence-electron chi connectivity index (χ3n) is 6.80. The van der Waals surface area contributed by atoms with Crippen LogP contribution in [0.1, 0.15) is 5.82 Å². The summed E-state index contributed by atoms with van der Waals surface area (Å²) in [6.45, 7) is 2.34. The molecule has 2 fully saturated rings. The van der Waals surface area contributed by atoms with E-state index in [0.29, 0.717) is 46.2 Å². The summed E-state index contributed by atoms with van der Waals surface area (Å²) in [5.41, 5.74) is 5.60. The van der Waals surface area contributed by atoms with Crippen molar-refractivity contribution >= 4 is 22.8 Å². The number of halogens is 1. The molecule has 4 atom stereocenters. The fourth-order valence-electron chi connectivity index (χ4n) is 4.88. The topological polar surface area (TPSA) is 128 Å². The van der Waals surface area contributed by atoms with Gasteiger partial charge >= 0.3 is 0 Å². The molecule has 7 rings (SSSR count). The van der Waals surface area contributed by atoms with Crippen LogP contribution < -0.4 is 4.74 Å². The zero-order valence-electron chi connectivity index (χ0n) is 20.2. The normalized spacial score (nSPS) is 22.7. The van der Waals surface area contributed by atoms with Crippen LogP contribution in [0.15, 0.2) is 59.1 Å². The largest absolute Gasteiger partial charge is 0.456 e. The number of nitrogens with zero attached hydrogens (tertiary/aromatic N) is 4. The lowest BCUT2D eigenvalue weighted by Crippen LogP contribution is -2.34. The van der Waals surface area contributed by atoms with Gasteiger partial charge in [0, 0.05) is 11.1 Å². The predicted octanol–water partition coefficient (Wildman–Crippen LogP) is 4.21. The van der Waals surface area contributed by atoms with E-state index in [4.69, 9.17) is 30.3 Å². The Morgan fingerprint density at radius 3 is 2.29 bits per heavy atom. The fourth-order valence-corrected chi connectivity index (χ4v) is 5.14. The molecule has 192 valence electrons. The maximum Gasteiger partial charge on any atom is 0.296 e. The van der Waals surface area contributed by atoms with Crippen molar-refractivity contribution in [1.29, 1.82) is 0 Å². The van der Waals surface area contributed by atoms with E-state index in [1.807, 2.05) is 48.5 Å². The summed E-state index contributed by atoms with van der Waals surface area (Å²) in [6.07, 6.45) is -1.72. The molecule has 0 amide bonds. The smallest absolute Gasteiger partial charge is 0.296 e. The molecule has 2 aliphatic rings. The van der Waals surface area contributed by atoms with Gasteiger partial charge in [0.15, 0.2) is 17.6 Å². The van der Waals surface area contributed by atoms with E-state index in [1.165, 1.54) is 0 Å². The Bertz CT molecular complexity index is 1620. The van der Waals surface area contributed by atoms with E-state index >= 15 is 0 Å². The number of fused-ring (bicyclic) bond motifs is 2. The number of hydrogen-bond donors (Lipinski definition) is 2. The van der Waals surface area contributed by atoms with Gasteiger partial charge in [-0.3, -0.25) is 0 Å². The SMILES string of the molecule is Cc1noc(-c2ccc(-c3ccc(-c4nc5nc(O[C@@H]6CO[C@H]7C6OC[C@H]7O)[nH]c5cc4Cl)cc3)cc2)n1. The van der Waals surface area contributed by atoms with Crippen LogP contribution in [0.3, 0.4) is 0 Å². The molecule has 2 aliphatic heterocycles. The first kappa shape index (κ1) is 23.3. The van der Waals surface area contributed by atoms with Crippen LogP contribution in [0.25, 0.3) is 45.0 Å². The molecule has 1 unspecified atom stereocenters. The number of aryl methyl sites for hydroxylation is 1. The summed E-state index contributed by atoms with van der Waals surface area (Å²) in [5.74, 6) is 1.10. The van der Waals surface area contributed by atoms with Gasteiger partial charge in [0.1, 0.15) is 18.3 Å². The molecular weight excluding hydrogens is 510 g/mol. The number of rotatable bonds is 5. The van der Waals surface area contributed by atoms with Crippen LogP contribution in [-0.2, 0) is 9.47 Å². The number of aliphatic hydroxyl groups excluding tert-OH is 1. The van der Waals surface area contributed by atoms with Crippen molar-refractivity contribution in [2.45, 2.75) is 31.3 Å². The second kappa shape index (κ2) is 9.17. The highest BCUT2D eigenvalue weighted by atomic mass is 35.5.